The van der Waals surface area contributed by atoms with Crippen molar-refractivity contribution in [2.75, 3.05) is 17.6 Å². The summed E-state index contributed by atoms with van der Waals surface area (Å²) >= 11 is 4.28. The molecule has 3 aromatic rings. The molecule has 0 saturated carbocycles. The zero-order valence-corrected chi connectivity index (χ0v) is 27.2. The summed E-state index contributed by atoms with van der Waals surface area (Å²) in [6.45, 7) is 4.13. The number of nitrogens with one attached hydrogen (secondary N) is 4. The van der Waals surface area contributed by atoms with Crippen LogP contribution in [0.3, 0.4) is 0 Å². The lowest BCUT2D eigenvalue weighted by Crippen LogP contribution is -2.60. The van der Waals surface area contributed by atoms with Gasteiger partial charge in [-0.15, -0.1) is 0 Å². The highest BCUT2D eigenvalue weighted by atomic mass is 32.1. The number of carboxylic acid groups (broad SMARTS) is 2. The maximum Gasteiger partial charge on any atom is 0.335 e. The highest BCUT2D eigenvalue weighted by Crippen LogP contribution is 2.35. The maximum atomic E-state index is 14.2. The van der Waals surface area contributed by atoms with Gasteiger partial charge in [-0.05, 0) is 65.8 Å². The van der Waals surface area contributed by atoms with Crippen molar-refractivity contribution < 1.29 is 34.2 Å². The van der Waals surface area contributed by atoms with Crippen LogP contribution in [0.15, 0.2) is 72.8 Å². The molecule has 1 heterocycles. The lowest BCUT2D eigenvalue weighted by atomic mass is 9.86. The number of benzene rings is 3. The molecule has 1 unspecified atom stereocenters. The summed E-state index contributed by atoms with van der Waals surface area (Å²) in [6.07, 6.45) is 1.37. The molecule has 47 heavy (non-hydrogen) atoms. The number of carbonyl (C=O) groups is 5. The Balaban J connectivity index is 1.45. The topological polar surface area (TPSA) is 174 Å². The lowest BCUT2D eigenvalue weighted by Gasteiger charge is -2.32. The fourth-order valence-electron chi connectivity index (χ4n) is 5.59. The van der Waals surface area contributed by atoms with Crippen molar-refractivity contribution in [3.63, 3.8) is 0 Å². The van der Waals surface area contributed by atoms with E-state index in [9.17, 15) is 29.1 Å². The summed E-state index contributed by atoms with van der Waals surface area (Å²) < 4.78 is 0. The molecule has 6 N–H and O–H groups in total. The van der Waals surface area contributed by atoms with E-state index in [2.05, 4.69) is 33.9 Å². The van der Waals surface area contributed by atoms with Gasteiger partial charge < -0.3 is 31.5 Å². The predicted molar refractivity (Wildman–Crippen MR) is 181 cm³/mol. The molecule has 0 spiro atoms. The first kappa shape index (κ1) is 35.0. The van der Waals surface area contributed by atoms with Gasteiger partial charge in [0.1, 0.15) is 17.6 Å². The molecule has 0 aliphatic carbocycles. The highest BCUT2D eigenvalue weighted by Gasteiger charge is 2.45. The second-order valence-electron chi connectivity index (χ2n) is 12.2. The number of amides is 3. The van der Waals surface area contributed by atoms with E-state index in [4.69, 9.17) is 5.11 Å². The van der Waals surface area contributed by atoms with Crippen LogP contribution in [-0.4, -0.2) is 69.8 Å². The normalized spacial score (nSPS) is 16.3. The Morgan fingerprint density at radius 2 is 1.40 bits per heavy atom. The van der Waals surface area contributed by atoms with Crippen LogP contribution >= 0.6 is 12.6 Å². The van der Waals surface area contributed by atoms with Gasteiger partial charge in [0.05, 0.1) is 11.1 Å². The minimum absolute atomic E-state index is 0.0281. The first-order chi connectivity index (χ1) is 22.4. The van der Waals surface area contributed by atoms with Crippen molar-refractivity contribution in [2.45, 2.75) is 57.2 Å². The summed E-state index contributed by atoms with van der Waals surface area (Å²) in [5, 5.41) is 30.3. The monoisotopic (exact) mass is 660 g/mol. The van der Waals surface area contributed by atoms with E-state index < -0.39 is 47.3 Å². The molecule has 248 valence electrons. The summed E-state index contributed by atoms with van der Waals surface area (Å²) in [5.74, 6) is -3.33. The highest BCUT2D eigenvalue weighted by molar-refractivity contribution is 7.80. The smallest absolute Gasteiger partial charge is 0.335 e. The second kappa shape index (κ2) is 15.6. The molecule has 3 atom stereocenters. The Morgan fingerprint density at radius 1 is 0.809 bits per heavy atom. The Labute approximate surface area is 278 Å². The molecule has 0 bridgehead atoms. The van der Waals surface area contributed by atoms with Crippen LogP contribution in [0.5, 0.6) is 0 Å². The number of carboxylic acids is 2. The zero-order chi connectivity index (χ0) is 34.1. The Kier molecular flexibility index (Phi) is 11.7. The number of hydrogen-bond acceptors (Lipinski definition) is 7. The van der Waals surface area contributed by atoms with E-state index in [0.717, 1.165) is 22.4 Å². The van der Waals surface area contributed by atoms with E-state index in [-0.39, 0.29) is 35.8 Å². The van der Waals surface area contributed by atoms with E-state index in [0.29, 0.717) is 19.3 Å². The molecule has 0 saturated heterocycles. The lowest BCUT2D eigenvalue weighted by molar-refractivity contribution is -0.133. The first-order valence-electron chi connectivity index (χ1n) is 15.4. The Bertz CT molecular complexity index is 1580. The Hall–Kier alpha value is -4.84. The molecule has 4 rings (SSSR count). The van der Waals surface area contributed by atoms with Crippen LogP contribution in [0.2, 0.25) is 0 Å². The van der Waals surface area contributed by atoms with Crippen LogP contribution < -0.4 is 21.3 Å². The van der Waals surface area contributed by atoms with Crippen molar-refractivity contribution in [3.8, 4) is 0 Å². The minimum Gasteiger partial charge on any atom is -0.478 e. The minimum atomic E-state index is -1.15. The average Bonchev–Trinajstić information content (AvgIpc) is 3.42. The first-order valence-corrected chi connectivity index (χ1v) is 16.0. The molecule has 1 aliphatic heterocycles. The van der Waals surface area contributed by atoms with Crippen LogP contribution in [0.25, 0.3) is 0 Å². The van der Waals surface area contributed by atoms with Gasteiger partial charge in [0.15, 0.2) is 0 Å². The molecule has 0 aromatic heterocycles. The van der Waals surface area contributed by atoms with Gasteiger partial charge in [0, 0.05) is 30.8 Å². The van der Waals surface area contributed by atoms with Crippen LogP contribution in [0.4, 0.5) is 5.69 Å². The van der Waals surface area contributed by atoms with E-state index in [1.165, 1.54) is 24.3 Å². The standard InChI is InChI=1S/C35H40N4O7S/c1-21(2)17-28(31(41)37-29(20-47)30(40)36-16-15-22-7-11-24(12-8-22)32(42)43)38-34(46)35(19-26-5-3-4-6-27(26)39-35)18-23-9-13-25(14-10-23)33(44)45/h3-14,21,28-29,39,47H,15-20H2,1-2H3,(H,36,40)(H,37,41)(H,38,46)(H,42,43)(H,44,45)/t28-,29-,35?/m0/s1. The van der Waals surface area contributed by atoms with Crippen molar-refractivity contribution in [3.05, 3.63) is 101 Å². The number of para-hydroxylation sites is 1. The second-order valence-corrected chi connectivity index (χ2v) is 12.5. The fourth-order valence-corrected chi connectivity index (χ4v) is 5.85. The number of anilines is 1. The molecule has 3 aromatic carbocycles. The molecule has 1 aliphatic rings. The number of aromatic carboxylic acids is 2. The summed E-state index contributed by atoms with van der Waals surface area (Å²) in [7, 11) is 0. The number of carbonyl (C=O) groups excluding carboxylic acids is 3. The third kappa shape index (κ3) is 9.13. The van der Waals surface area contributed by atoms with Gasteiger partial charge >= 0.3 is 11.9 Å². The SMILES string of the molecule is CC(C)C[C@H](NC(=O)C1(Cc2ccc(C(=O)O)cc2)Cc2ccccc2N1)C(=O)N[C@@H](CS)C(=O)NCCc1ccc(C(=O)O)cc1. The summed E-state index contributed by atoms with van der Waals surface area (Å²) in [5.41, 5.74) is 2.51. The average molecular weight is 661 g/mol. The summed E-state index contributed by atoms with van der Waals surface area (Å²) in [4.78, 5) is 63.2. The van der Waals surface area contributed by atoms with Gasteiger partial charge in [-0.3, -0.25) is 14.4 Å². The molecule has 0 fully saturated rings. The van der Waals surface area contributed by atoms with Gasteiger partial charge in [-0.1, -0.05) is 56.3 Å². The third-order valence-electron chi connectivity index (χ3n) is 8.08. The number of rotatable bonds is 15. The number of fused-ring (bicyclic) bond motifs is 1. The van der Waals surface area contributed by atoms with Crippen LogP contribution in [0.1, 0.15) is 57.7 Å². The van der Waals surface area contributed by atoms with Gasteiger partial charge in [0.2, 0.25) is 17.7 Å². The van der Waals surface area contributed by atoms with E-state index in [1.807, 2.05) is 38.1 Å². The van der Waals surface area contributed by atoms with E-state index in [1.54, 1.807) is 24.3 Å². The largest absolute Gasteiger partial charge is 0.478 e. The predicted octanol–water partition coefficient (Wildman–Crippen LogP) is 3.34. The molecular weight excluding hydrogens is 620 g/mol. The van der Waals surface area contributed by atoms with Crippen molar-refractivity contribution in [1.29, 1.82) is 0 Å². The molecule has 12 heteroatoms. The Morgan fingerprint density at radius 3 is 1.96 bits per heavy atom. The molecule has 0 radical (unpaired) electrons. The van der Waals surface area contributed by atoms with Gasteiger partial charge in [0.25, 0.3) is 0 Å². The molecular formula is C35H40N4O7S. The van der Waals surface area contributed by atoms with E-state index >= 15 is 0 Å². The van der Waals surface area contributed by atoms with Crippen molar-refractivity contribution in [1.82, 2.24) is 16.0 Å². The van der Waals surface area contributed by atoms with Gasteiger partial charge in [-0.2, -0.15) is 12.6 Å². The maximum absolute atomic E-state index is 14.2. The quantitative estimate of drug-likeness (QED) is 0.122. The zero-order valence-electron chi connectivity index (χ0n) is 26.3. The van der Waals surface area contributed by atoms with Gasteiger partial charge in [-0.25, -0.2) is 9.59 Å². The molecule has 3 amide bonds. The molecule has 11 nitrogen and oxygen atoms in total. The van der Waals surface area contributed by atoms with Crippen molar-refractivity contribution in [2.24, 2.45) is 5.92 Å². The van der Waals surface area contributed by atoms with Crippen LogP contribution in [0, 0.1) is 5.92 Å². The number of thiol groups is 1. The van der Waals surface area contributed by atoms with Crippen LogP contribution in [-0.2, 0) is 33.6 Å². The number of hydrogen-bond donors (Lipinski definition) is 7. The summed E-state index contributed by atoms with van der Waals surface area (Å²) in [6, 6.07) is 18.4. The van der Waals surface area contributed by atoms with Crippen molar-refractivity contribution >= 4 is 48.0 Å². The fraction of sp³-hybridized carbons (Fsp3) is 0.343. The third-order valence-corrected chi connectivity index (χ3v) is 8.45.